The molecule has 8 aromatic rings. The summed E-state index contributed by atoms with van der Waals surface area (Å²) in [6.45, 7) is 9.65. The number of benzene rings is 8. The van der Waals surface area contributed by atoms with Crippen molar-refractivity contribution in [2.45, 2.75) is 134 Å². The van der Waals surface area contributed by atoms with Crippen LogP contribution in [0.25, 0.3) is 0 Å². The van der Waals surface area contributed by atoms with Crippen LogP contribution in [0.15, 0.2) is 243 Å². The Hall–Kier alpha value is -6.95. The molecule has 12 nitrogen and oxygen atoms in total. The third-order valence-electron chi connectivity index (χ3n) is 15.6. The Balaban J connectivity index is 1.11. The van der Waals surface area contributed by atoms with Crippen LogP contribution in [0, 0.1) is 0 Å². The number of carbonyl (C=O) groups is 1. The highest BCUT2D eigenvalue weighted by Crippen LogP contribution is 2.40. The maximum atomic E-state index is 13.6. The van der Waals surface area contributed by atoms with Crippen molar-refractivity contribution in [2.24, 2.45) is 0 Å². The van der Waals surface area contributed by atoms with E-state index in [0.29, 0.717) is 0 Å². The summed E-state index contributed by atoms with van der Waals surface area (Å²) < 4.78 is 72.5. The lowest BCUT2D eigenvalue weighted by atomic mass is 9.94. The molecule has 0 unspecified atom stereocenters. The third kappa shape index (κ3) is 16.3. The van der Waals surface area contributed by atoms with Crippen molar-refractivity contribution in [3.05, 3.63) is 276 Å². The van der Waals surface area contributed by atoms with E-state index < -0.39 is 69.7 Å². The molecule has 0 aliphatic carbocycles. The maximum Gasteiger partial charge on any atom is 0.261 e. The Morgan fingerprint density at radius 3 is 1.15 bits per heavy atom. The zero-order chi connectivity index (χ0) is 58.7. The van der Waals surface area contributed by atoms with Gasteiger partial charge in [0.05, 0.1) is 52.9 Å². The highest BCUT2D eigenvalue weighted by Gasteiger charge is 2.56. The van der Waals surface area contributed by atoms with Gasteiger partial charge in [-0.25, -0.2) is 0 Å². The lowest BCUT2D eigenvalue weighted by Crippen LogP contribution is -2.70. The van der Waals surface area contributed by atoms with Crippen LogP contribution in [0.2, 0.25) is 5.04 Å². The summed E-state index contributed by atoms with van der Waals surface area (Å²) in [4.78, 5) is 13.6. The van der Waals surface area contributed by atoms with Crippen molar-refractivity contribution in [1.82, 2.24) is 5.32 Å². The topological polar surface area (TPSA) is 121 Å². The normalized spacial score (nSPS) is 22.6. The number of rotatable bonds is 27. The molecule has 2 fully saturated rings. The lowest BCUT2D eigenvalue weighted by molar-refractivity contribution is -0.365. The Morgan fingerprint density at radius 1 is 0.400 bits per heavy atom. The molecule has 442 valence electrons. The monoisotopic (exact) mass is 1160 g/mol. The van der Waals surface area contributed by atoms with Crippen LogP contribution in [-0.2, 0) is 91.5 Å². The molecule has 0 spiro atoms. The average Bonchev–Trinajstić information content (AvgIpc) is 1.80. The first kappa shape index (κ1) is 61.1. The van der Waals surface area contributed by atoms with Crippen molar-refractivity contribution in [1.29, 1.82) is 0 Å². The molecule has 2 aliphatic heterocycles. The van der Waals surface area contributed by atoms with Crippen LogP contribution in [0.3, 0.4) is 0 Å². The van der Waals surface area contributed by atoms with Gasteiger partial charge in [0, 0.05) is 6.92 Å². The van der Waals surface area contributed by atoms with E-state index >= 15 is 0 Å². The van der Waals surface area contributed by atoms with Crippen molar-refractivity contribution in [3.63, 3.8) is 0 Å². The molecule has 10 atom stereocenters. The molecule has 1 N–H and O–H groups in total. The second kappa shape index (κ2) is 30.4. The van der Waals surface area contributed by atoms with Gasteiger partial charge in [0.1, 0.15) is 48.8 Å². The van der Waals surface area contributed by atoms with Gasteiger partial charge in [0.15, 0.2) is 12.6 Å². The Morgan fingerprint density at radius 2 is 0.741 bits per heavy atom. The van der Waals surface area contributed by atoms with E-state index in [1.165, 1.54) is 6.92 Å². The van der Waals surface area contributed by atoms with Crippen LogP contribution in [0.4, 0.5) is 0 Å². The predicted octanol–water partition coefficient (Wildman–Crippen LogP) is 11.7. The number of hydrogen-bond donors (Lipinski definition) is 1. The summed E-state index contributed by atoms with van der Waals surface area (Å²) in [5, 5.41) is 5.05. The Bertz CT molecular complexity index is 3150. The summed E-state index contributed by atoms with van der Waals surface area (Å²) in [6, 6.07) is 80.2. The van der Waals surface area contributed by atoms with Crippen LogP contribution < -0.4 is 15.7 Å². The van der Waals surface area contributed by atoms with E-state index in [9.17, 15) is 4.79 Å². The molecule has 85 heavy (non-hydrogen) atoms. The van der Waals surface area contributed by atoms with Crippen LogP contribution in [0.1, 0.15) is 61.1 Å². The molecule has 2 aliphatic rings. The summed E-state index contributed by atoms with van der Waals surface area (Å²) >= 11 is 0. The molecule has 2 saturated heterocycles. The number of amides is 1. The number of nitrogens with one attached hydrogen (secondary N) is 1. The molecule has 0 saturated carbocycles. The maximum absolute atomic E-state index is 13.6. The summed E-state index contributed by atoms with van der Waals surface area (Å²) in [6.07, 6.45) is -8.44. The fourth-order valence-corrected chi connectivity index (χ4v) is 16.0. The molecule has 13 heteroatoms. The second-order valence-corrected chi connectivity index (χ2v) is 27.0. The van der Waals surface area contributed by atoms with Gasteiger partial charge in [-0.3, -0.25) is 4.79 Å². The molecule has 2 heterocycles. The smallest absolute Gasteiger partial charge is 0.261 e. The molecule has 10 rings (SSSR count). The largest absolute Gasteiger partial charge is 0.405 e. The van der Waals surface area contributed by atoms with Crippen molar-refractivity contribution in [2.75, 3.05) is 13.2 Å². The summed E-state index contributed by atoms with van der Waals surface area (Å²) in [5.41, 5.74) is 5.69. The first-order valence-electron chi connectivity index (χ1n) is 29.5. The number of hydrogen-bond acceptors (Lipinski definition) is 11. The standard InChI is InChI=1S/C72H79NO11Si/c1-53(74)73-64-67(77-47-56-33-17-7-18-34-56)66(62(51-75-45-54-29-13-5-14-30-54)82-70(64)80-50-59-39-23-10-24-40-59)84-71-69(79-49-58-37-21-9-22-38-58)68(78-48-57-35-19-8-20-36-57)65(76-46-55-31-15-6-16-32-55)63(83-71)52-81-85(72(2,3)4,60-41-25-11-26-42-60)61-43-27-12-28-44-61/h5-44,62-71H,45-52H2,1-4H3,(H,73,74)/t62-,63-,64-,65+,66-,67-,68+,69-,70-,71+/m1/s1. The minimum Gasteiger partial charge on any atom is -0.405 e. The first-order valence-corrected chi connectivity index (χ1v) is 31.4. The van der Waals surface area contributed by atoms with Crippen molar-refractivity contribution in [3.8, 4) is 0 Å². The molecule has 0 bridgehead atoms. The predicted molar refractivity (Wildman–Crippen MR) is 331 cm³/mol. The van der Waals surface area contributed by atoms with Gasteiger partial charge < -0.3 is 52.4 Å². The van der Waals surface area contributed by atoms with Gasteiger partial charge in [-0.2, -0.15) is 0 Å². The lowest BCUT2D eigenvalue weighted by Gasteiger charge is -2.51. The van der Waals surface area contributed by atoms with Gasteiger partial charge in [-0.15, -0.1) is 0 Å². The average molecular weight is 1160 g/mol. The number of ether oxygens (including phenoxy) is 9. The van der Waals surface area contributed by atoms with E-state index in [-0.39, 0.29) is 63.8 Å². The highest BCUT2D eigenvalue weighted by molar-refractivity contribution is 6.99. The third-order valence-corrected chi connectivity index (χ3v) is 20.6. The van der Waals surface area contributed by atoms with Crippen molar-refractivity contribution < 1.29 is 51.9 Å². The quantitative estimate of drug-likeness (QED) is 0.0495. The van der Waals surface area contributed by atoms with E-state index in [1.807, 2.05) is 194 Å². The summed E-state index contributed by atoms with van der Waals surface area (Å²) in [7, 11) is -3.22. The fourth-order valence-electron chi connectivity index (χ4n) is 11.4. The van der Waals surface area contributed by atoms with Gasteiger partial charge in [-0.05, 0) is 48.8 Å². The second-order valence-electron chi connectivity index (χ2n) is 22.7. The van der Waals surface area contributed by atoms with Gasteiger partial charge >= 0.3 is 0 Å². The highest BCUT2D eigenvalue weighted by atomic mass is 28.4. The van der Waals surface area contributed by atoms with Gasteiger partial charge in [0.25, 0.3) is 8.32 Å². The SMILES string of the molecule is CC(=O)N[C@H]1[C@H](OCc2ccccc2)O[C@H](COCc2ccccc2)[C@@H](O[C@@H]2O[C@H](CO[Si](c3ccccc3)(c3ccccc3)C(C)(C)C)[C@H](OCc3ccccc3)[C@H](OCc3ccccc3)[C@H]2OCc2ccccc2)[C@@H]1OCc1ccccc1. The minimum absolute atomic E-state index is 0.0438. The van der Waals surface area contributed by atoms with Gasteiger partial charge in [-0.1, -0.05) is 263 Å². The molecule has 1 amide bonds. The van der Waals surface area contributed by atoms with E-state index in [1.54, 1.807) is 0 Å². The summed E-state index contributed by atoms with van der Waals surface area (Å²) in [5.74, 6) is -0.306. The zero-order valence-electron chi connectivity index (χ0n) is 49.0. The van der Waals surface area contributed by atoms with Crippen LogP contribution >= 0.6 is 0 Å². The fraction of sp³-hybridized carbons (Fsp3) is 0.319. The van der Waals surface area contributed by atoms with Gasteiger partial charge in [0.2, 0.25) is 5.91 Å². The zero-order valence-corrected chi connectivity index (χ0v) is 50.0. The van der Waals surface area contributed by atoms with Crippen LogP contribution in [-0.4, -0.2) is 88.8 Å². The van der Waals surface area contributed by atoms with E-state index in [4.69, 9.17) is 47.1 Å². The first-order chi connectivity index (χ1) is 41.6. The number of carbonyl (C=O) groups excluding carboxylic acids is 1. The Labute approximate surface area is 502 Å². The van der Waals surface area contributed by atoms with E-state index in [2.05, 4.69) is 74.6 Å². The van der Waals surface area contributed by atoms with Crippen molar-refractivity contribution >= 4 is 24.6 Å². The minimum atomic E-state index is -3.22. The molecule has 8 aromatic carbocycles. The molecular weight excluding hydrogens is 1080 g/mol. The Kier molecular flexibility index (Phi) is 21.9. The van der Waals surface area contributed by atoms with Crippen LogP contribution in [0.5, 0.6) is 0 Å². The van der Waals surface area contributed by atoms with E-state index in [0.717, 1.165) is 43.8 Å². The molecular formula is C72H79NO11Si. The molecule has 0 radical (unpaired) electrons. The molecule has 0 aromatic heterocycles.